The molecular weight excluding hydrogens is 172 g/mol. The molecule has 0 saturated heterocycles. The van der Waals surface area contributed by atoms with Crippen molar-refractivity contribution in [3.8, 4) is 6.07 Å². The Morgan fingerprint density at radius 3 is 2.86 bits per heavy atom. The first-order valence-corrected chi connectivity index (χ1v) is 5.02. The van der Waals surface area contributed by atoms with Crippen LogP contribution in [0.1, 0.15) is 25.0 Å². The number of nitrogens with zero attached hydrogens (tertiary/aromatic N) is 2. The fourth-order valence-electron chi connectivity index (χ4n) is 2.09. The summed E-state index contributed by atoms with van der Waals surface area (Å²) in [6.45, 7) is 5.39. The number of hydrogen-bond acceptors (Lipinski definition) is 2. The highest BCUT2D eigenvalue weighted by Gasteiger charge is 2.23. The van der Waals surface area contributed by atoms with Gasteiger partial charge in [0.15, 0.2) is 0 Å². The molecule has 1 heterocycles. The second-order valence-electron chi connectivity index (χ2n) is 3.96. The van der Waals surface area contributed by atoms with E-state index in [1.165, 1.54) is 5.56 Å². The van der Waals surface area contributed by atoms with Crippen LogP contribution in [0, 0.1) is 11.3 Å². The van der Waals surface area contributed by atoms with E-state index in [0.29, 0.717) is 6.04 Å². The maximum atomic E-state index is 9.02. The minimum absolute atomic E-state index is 0.478. The smallest absolute Gasteiger partial charge is 0.101 e. The van der Waals surface area contributed by atoms with Crippen LogP contribution in [0.3, 0.4) is 0 Å². The van der Waals surface area contributed by atoms with E-state index >= 15 is 0 Å². The van der Waals surface area contributed by atoms with Crippen LogP contribution in [0.2, 0.25) is 0 Å². The van der Waals surface area contributed by atoms with E-state index in [4.69, 9.17) is 5.26 Å². The number of para-hydroxylation sites is 1. The van der Waals surface area contributed by atoms with E-state index in [-0.39, 0.29) is 0 Å². The monoisotopic (exact) mass is 186 g/mol. The van der Waals surface area contributed by atoms with Gasteiger partial charge in [0.05, 0.1) is 11.3 Å². The van der Waals surface area contributed by atoms with E-state index < -0.39 is 0 Å². The summed E-state index contributed by atoms with van der Waals surface area (Å²) >= 11 is 0. The van der Waals surface area contributed by atoms with Crippen LogP contribution < -0.4 is 4.90 Å². The molecular formula is C12H14N2. The van der Waals surface area contributed by atoms with Crippen molar-refractivity contribution in [1.29, 1.82) is 5.26 Å². The highest BCUT2D eigenvalue weighted by molar-refractivity contribution is 5.67. The van der Waals surface area contributed by atoms with Crippen molar-refractivity contribution in [2.45, 2.75) is 26.3 Å². The van der Waals surface area contributed by atoms with E-state index in [9.17, 15) is 0 Å². The number of rotatable bonds is 1. The minimum atomic E-state index is 0.478. The molecule has 2 heteroatoms. The first kappa shape index (κ1) is 9.08. The summed E-state index contributed by atoms with van der Waals surface area (Å²) < 4.78 is 0. The minimum Gasteiger partial charge on any atom is -0.367 e. The average molecular weight is 186 g/mol. The lowest BCUT2D eigenvalue weighted by Gasteiger charge is -2.24. The van der Waals surface area contributed by atoms with Crippen LogP contribution in [-0.4, -0.2) is 12.6 Å². The Hall–Kier alpha value is -1.49. The molecule has 1 aliphatic heterocycles. The van der Waals surface area contributed by atoms with Gasteiger partial charge in [-0.05, 0) is 31.9 Å². The number of anilines is 1. The van der Waals surface area contributed by atoms with Crippen molar-refractivity contribution in [1.82, 2.24) is 0 Å². The van der Waals surface area contributed by atoms with Crippen molar-refractivity contribution < 1.29 is 0 Å². The van der Waals surface area contributed by atoms with Gasteiger partial charge in [-0.25, -0.2) is 0 Å². The highest BCUT2D eigenvalue weighted by atomic mass is 15.2. The molecule has 0 unspecified atom stereocenters. The molecule has 0 amide bonds. The van der Waals surface area contributed by atoms with Gasteiger partial charge in [-0.1, -0.05) is 12.1 Å². The molecule has 1 aromatic rings. The molecule has 0 aromatic heterocycles. The molecule has 14 heavy (non-hydrogen) atoms. The molecule has 72 valence electrons. The molecule has 0 atom stereocenters. The van der Waals surface area contributed by atoms with Gasteiger partial charge in [-0.15, -0.1) is 0 Å². The van der Waals surface area contributed by atoms with Gasteiger partial charge in [0.1, 0.15) is 6.07 Å². The third-order valence-corrected chi connectivity index (χ3v) is 2.77. The number of fused-ring (bicyclic) bond motifs is 1. The van der Waals surface area contributed by atoms with Crippen LogP contribution in [0.4, 0.5) is 5.69 Å². The van der Waals surface area contributed by atoms with Gasteiger partial charge in [0, 0.05) is 12.6 Å². The van der Waals surface area contributed by atoms with Crippen molar-refractivity contribution >= 4 is 5.69 Å². The maximum Gasteiger partial charge on any atom is 0.101 e. The Bertz CT molecular complexity index is 388. The molecule has 1 aliphatic rings. The Balaban J connectivity index is 2.52. The van der Waals surface area contributed by atoms with Crippen molar-refractivity contribution in [2.75, 3.05) is 11.4 Å². The van der Waals surface area contributed by atoms with Crippen LogP contribution in [0.5, 0.6) is 0 Å². The predicted molar refractivity (Wildman–Crippen MR) is 57.3 cm³/mol. The number of benzene rings is 1. The third kappa shape index (κ3) is 1.26. The molecule has 0 bridgehead atoms. The maximum absolute atomic E-state index is 9.02. The summed E-state index contributed by atoms with van der Waals surface area (Å²) in [4.78, 5) is 2.31. The Morgan fingerprint density at radius 2 is 2.21 bits per heavy atom. The van der Waals surface area contributed by atoms with Gasteiger partial charge in [-0.3, -0.25) is 0 Å². The van der Waals surface area contributed by atoms with Gasteiger partial charge in [0.2, 0.25) is 0 Å². The predicted octanol–water partition coefficient (Wildman–Crippen LogP) is 2.33. The quantitative estimate of drug-likeness (QED) is 0.673. The first-order chi connectivity index (χ1) is 6.74. The number of nitriles is 1. The van der Waals surface area contributed by atoms with Gasteiger partial charge >= 0.3 is 0 Å². The summed E-state index contributed by atoms with van der Waals surface area (Å²) in [5.41, 5.74) is 3.29. The summed E-state index contributed by atoms with van der Waals surface area (Å²) in [6.07, 6.45) is 1.07. The SMILES string of the molecule is CC(C)N1CCc2cccc(C#N)c21. The molecule has 1 aromatic carbocycles. The summed E-state index contributed by atoms with van der Waals surface area (Å²) in [7, 11) is 0. The Morgan fingerprint density at radius 1 is 1.43 bits per heavy atom. The standard InChI is InChI=1S/C12H14N2/c1-9(2)14-7-6-10-4-3-5-11(8-13)12(10)14/h3-5,9H,6-7H2,1-2H3. The van der Waals surface area contributed by atoms with E-state index in [1.807, 2.05) is 12.1 Å². The number of hydrogen-bond donors (Lipinski definition) is 0. The molecule has 0 saturated carbocycles. The second-order valence-corrected chi connectivity index (χ2v) is 3.96. The molecule has 2 nitrogen and oxygen atoms in total. The molecule has 0 aliphatic carbocycles. The second kappa shape index (κ2) is 3.34. The van der Waals surface area contributed by atoms with Gasteiger partial charge < -0.3 is 4.90 Å². The van der Waals surface area contributed by atoms with E-state index in [0.717, 1.165) is 24.2 Å². The summed E-state index contributed by atoms with van der Waals surface area (Å²) in [5.74, 6) is 0. The van der Waals surface area contributed by atoms with Crippen molar-refractivity contribution in [2.24, 2.45) is 0 Å². The molecule has 2 rings (SSSR count). The average Bonchev–Trinajstić information content (AvgIpc) is 2.60. The normalized spacial score (nSPS) is 14.3. The summed E-state index contributed by atoms with van der Waals surface area (Å²) in [5, 5.41) is 9.02. The third-order valence-electron chi connectivity index (χ3n) is 2.77. The summed E-state index contributed by atoms with van der Waals surface area (Å²) in [6, 6.07) is 8.75. The first-order valence-electron chi connectivity index (χ1n) is 5.02. The fourth-order valence-corrected chi connectivity index (χ4v) is 2.09. The van der Waals surface area contributed by atoms with E-state index in [2.05, 4.69) is 30.9 Å². The largest absolute Gasteiger partial charge is 0.367 e. The lowest BCUT2D eigenvalue weighted by atomic mass is 10.1. The molecule has 0 spiro atoms. The Labute approximate surface area is 84.8 Å². The molecule has 0 N–H and O–H groups in total. The van der Waals surface area contributed by atoms with Crippen LogP contribution in [0.25, 0.3) is 0 Å². The fraction of sp³-hybridized carbons (Fsp3) is 0.417. The van der Waals surface area contributed by atoms with Crippen molar-refractivity contribution in [3.05, 3.63) is 29.3 Å². The topological polar surface area (TPSA) is 27.0 Å². The zero-order chi connectivity index (χ0) is 10.1. The lowest BCUT2D eigenvalue weighted by Crippen LogP contribution is -2.28. The van der Waals surface area contributed by atoms with Crippen molar-refractivity contribution in [3.63, 3.8) is 0 Å². The molecule has 0 radical (unpaired) electrons. The highest BCUT2D eigenvalue weighted by Crippen LogP contribution is 2.32. The van der Waals surface area contributed by atoms with Crippen LogP contribution in [0.15, 0.2) is 18.2 Å². The van der Waals surface area contributed by atoms with Crippen LogP contribution >= 0.6 is 0 Å². The van der Waals surface area contributed by atoms with Gasteiger partial charge in [-0.2, -0.15) is 5.26 Å². The van der Waals surface area contributed by atoms with E-state index in [1.54, 1.807) is 0 Å². The lowest BCUT2D eigenvalue weighted by molar-refractivity contribution is 0.709. The molecule has 0 fully saturated rings. The zero-order valence-electron chi connectivity index (χ0n) is 8.62. The van der Waals surface area contributed by atoms with Gasteiger partial charge in [0.25, 0.3) is 0 Å². The van der Waals surface area contributed by atoms with Crippen LogP contribution in [-0.2, 0) is 6.42 Å². The zero-order valence-corrected chi connectivity index (χ0v) is 8.62. The Kier molecular flexibility index (Phi) is 2.17.